The second-order valence-corrected chi connectivity index (χ2v) is 4.95. The van der Waals surface area contributed by atoms with Gasteiger partial charge in [-0.2, -0.15) is 0 Å². The van der Waals surface area contributed by atoms with Crippen molar-refractivity contribution in [1.29, 1.82) is 0 Å². The molecule has 0 radical (unpaired) electrons. The third kappa shape index (κ3) is 4.99. The highest BCUT2D eigenvalue weighted by molar-refractivity contribution is 4.67. The summed E-state index contributed by atoms with van der Waals surface area (Å²) < 4.78 is 0. The van der Waals surface area contributed by atoms with E-state index in [0.29, 0.717) is 0 Å². The van der Waals surface area contributed by atoms with Crippen LogP contribution in [0.5, 0.6) is 0 Å². The van der Waals surface area contributed by atoms with Gasteiger partial charge in [-0.1, -0.05) is 45.4 Å². The fourth-order valence-electron chi connectivity index (χ4n) is 2.42. The highest BCUT2D eigenvalue weighted by Gasteiger charge is 2.13. The first-order valence-corrected chi connectivity index (χ1v) is 6.51. The molecule has 14 heavy (non-hydrogen) atoms. The molecule has 0 aliphatic heterocycles. The SMILES string of the molecule is CCCCN(C)CCC1CCCCC1. The van der Waals surface area contributed by atoms with Gasteiger partial charge in [0.05, 0.1) is 0 Å². The number of nitrogens with zero attached hydrogens (tertiary/aromatic N) is 1. The summed E-state index contributed by atoms with van der Waals surface area (Å²) in [6.07, 6.45) is 11.6. The van der Waals surface area contributed by atoms with Crippen molar-refractivity contribution in [3.63, 3.8) is 0 Å². The summed E-state index contributed by atoms with van der Waals surface area (Å²) in [5.41, 5.74) is 0. The smallest absolute Gasteiger partial charge is 0.00191 e. The second kappa shape index (κ2) is 7.28. The maximum atomic E-state index is 2.51. The first kappa shape index (κ1) is 12.0. The summed E-state index contributed by atoms with van der Waals surface area (Å²) in [6, 6.07) is 0. The molecule has 1 nitrogen and oxygen atoms in total. The van der Waals surface area contributed by atoms with Crippen molar-refractivity contribution >= 4 is 0 Å². The van der Waals surface area contributed by atoms with Crippen LogP contribution in [-0.4, -0.2) is 25.0 Å². The maximum absolute atomic E-state index is 2.51. The van der Waals surface area contributed by atoms with Crippen molar-refractivity contribution in [2.24, 2.45) is 5.92 Å². The Labute approximate surface area is 89.9 Å². The number of hydrogen-bond donors (Lipinski definition) is 0. The van der Waals surface area contributed by atoms with Crippen LogP contribution in [0.4, 0.5) is 0 Å². The quantitative estimate of drug-likeness (QED) is 0.628. The van der Waals surface area contributed by atoms with E-state index < -0.39 is 0 Å². The summed E-state index contributed by atoms with van der Waals surface area (Å²) in [4.78, 5) is 2.51. The third-order valence-corrected chi connectivity index (χ3v) is 3.54. The molecule has 0 amide bonds. The van der Waals surface area contributed by atoms with Gasteiger partial charge in [0.15, 0.2) is 0 Å². The normalized spacial score (nSPS) is 19.1. The van der Waals surface area contributed by atoms with Crippen LogP contribution in [0.15, 0.2) is 0 Å². The fourth-order valence-corrected chi connectivity index (χ4v) is 2.42. The Bertz CT molecular complexity index is 127. The third-order valence-electron chi connectivity index (χ3n) is 3.54. The highest BCUT2D eigenvalue weighted by Crippen LogP contribution is 2.26. The molecule has 1 aliphatic carbocycles. The molecule has 0 aromatic carbocycles. The molecule has 0 atom stereocenters. The van der Waals surface area contributed by atoms with Crippen molar-refractivity contribution < 1.29 is 0 Å². The topological polar surface area (TPSA) is 3.24 Å². The number of unbranched alkanes of at least 4 members (excludes halogenated alkanes) is 1. The van der Waals surface area contributed by atoms with E-state index >= 15 is 0 Å². The Morgan fingerprint density at radius 3 is 2.43 bits per heavy atom. The van der Waals surface area contributed by atoms with Gasteiger partial charge in [-0.25, -0.2) is 0 Å². The molecule has 1 saturated carbocycles. The van der Waals surface area contributed by atoms with Gasteiger partial charge in [-0.05, 0) is 38.9 Å². The van der Waals surface area contributed by atoms with Crippen LogP contribution in [0.2, 0.25) is 0 Å². The molecule has 84 valence electrons. The Morgan fingerprint density at radius 1 is 1.07 bits per heavy atom. The van der Waals surface area contributed by atoms with E-state index in [0.717, 1.165) is 5.92 Å². The molecule has 0 N–H and O–H groups in total. The van der Waals surface area contributed by atoms with E-state index in [4.69, 9.17) is 0 Å². The Kier molecular flexibility index (Phi) is 6.25. The van der Waals surface area contributed by atoms with Crippen LogP contribution in [0.1, 0.15) is 58.3 Å². The molecular weight excluding hydrogens is 170 g/mol. The van der Waals surface area contributed by atoms with E-state index in [1.807, 2.05) is 0 Å². The minimum Gasteiger partial charge on any atom is -0.306 e. The predicted octanol–water partition coefficient (Wildman–Crippen LogP) is 3.69. The van der Waals surface area contributed by atoms with E-state index in [1.165, 1.54) is 64.5 Å². The standard InChI is InChI=1S/C13H27N/c1-3-4-11-14(2)12-10-13-8-6-5-7-9-13/h13H,3-12H2,1-2H3. The van der Waals surface area contributed by atoms with Gasteiger partial charge < -0.3 is 4.90 Å². The lowest BCUT2D eigenvalue weighted by Gasteiger charge is -2.24. The predicted molar refractivity (Wildman–Crippen MR) is 63.6 cm³/mol. The van der Waals surface area contributed by atoms with E-state index in [1.54, 1.807) is 0 Å². The monoisotopic (exact) mass is 197 g/mol. The Balaban J connectivity index is 2.00. The van der Waals surface area contributed by atoms with Crippen LogP contribution in [0, 0.1) is 5.92 Å². The molecule has 1 fully saturated rings. The van der Waals surface area contributed by atoms with Crippen LogP contribution in [-0.2, 0) is 0 Å². The lowest BCUT2D eigenvalue weighted by atomic mass is 9.87. The molecule has 0 aromatic rings. The van der Waals surface area contributed by atoms with Gasteiger partial charge >= 0.3 is 0 Å². The van der Waals surface area contributed by atoms with Gasteiger partial charge in [-0.15, -0.1) is 0 Å². The maximum Gasteiger partial charge on any atom is -0.00191 e. The van der Waals surface area contributed by atoms with Crippen molar-refractivity contribution in [2.75, 3.05) is 20.1 Å². The fraction of sp³-hybridized carbons (Fsp3) is 1.00. The lowest BCUT2D eigenvalue weighted by Crippen LogP contribution is -2.23. The van der Waals surface area contributed by atoms with Crippen LogP contribution >= 0.6 is 0 Å². The zero-order valence-electron chi connectivity index (χ0n) is 10.1. The molecule has 0 spiro atoms. The van der Waals surface area contributed by atoms with Crippen LogP contribution in [0.25, 0.3) is 0 Å². The molecule has 0 heterocycles. The van der Waals surface area contributed by atoms with Crippen molar-refractivity contribution in [2.45, 2.75) is 58.3 Å². The summed E-state index contributed by atoms with van der Waals surface area (Å²) in [6.45, 7) is 4.89. The average molecular weight is 197 g/mol. The van der Waals surface area contributed by atoms with Crippen molar-refractivity contribution in [3.05, 3.63) is 0 Å². The Hall–Kier alpha value is -0.0400. The number of hydrogen-bond acceptors (Lipinski definition) is 1. The molecule has 0 bridgehead atoms. The van der Waals surface area contributed by atoms with Gasteiger partial charge in [0.2, 0.25) is 0 Å². The zero-order valence-corrected chi connectivity index (χ0v) is 10.1. The lowest BCUT2D eigenvalue weighted by molar-refractivity contribution is 0.262. The van der Waals surface area contributed by atoms with E-state index in [-0.39, 0.29) is 0 Å². The van der Waals surface area contributed by atoms with E-state index in [9.17, 15) is 0 Å². The summed E-state index contributed by atoms with van der Waals surface area (Å²) >= 11 is 0. The molecule has 0 saturated heterocycles. The molecule has 0 aromatic heterocycles. The second-order valence-electron chi connectivity index (χ2n) is 4.95. The van der Waals surface area contributed by atoms with E-state index in [2.05, 4.69) is 18.9 Å². The molecule has 1 heteroatoms. The average Bonchev–Trinajstić information content (AvgIpc) is 2.25. The first-order chi connectivity index (χ1) is 6.83. The summed E-state index contributed by atoms with van der Waals surface area (Å²) in [7, 11) is 2.28. The van der Waals surface area contributed by atoms with Crippen molar-refractivity contribution in [3.8, 4) is 0 Å². The van der Waals surface area contributed by atoms with Crippen LogP contribution < -0.4 is 0 Å². The first-order valence-electron chi connectivity index (χ1n) is 6.51. The number of rotatable bonds is 6. The van der Waals surface area contributed by atoms with Gasteiger partial charge in [0, 0.05) is 0 Å². The van der Waals surface area contributed by atoms with Gasteiger partial charge in [0.25, 0.3) is 0 Å². The summed E-state index contributed by atoms with van der Waals surface area (Å²) in [5.74, 6) is 1.05. The van der Waals surface area contributed by atoms with Crippen LogP contribution in [0.3, 0.4) is 0 Å². The summed E-state index contributed by atoms with van der Waals surface area (Å²) in [5, 5.41) is 0. The molecule has 1 rings (SSSR count). The molecule has 0 unspecified atom stereocenters. The molecular formula is C13H27N. The van der Waals surface area contributed by atoms with Gasteiger partial charge in [-0.3, -0.25) is 0 Å². The van der Waals surface area contributed by atoms with Crippen molar-refractivity contribution in [1.82, 2.24) is 4.90 Å². The largest absolute Gasteiger partial charge is 0.306 e. The zero-order chi connectivity index (χ0) is 10.2. The van der Waals surface area contributed by atoms with Gasteiger partial charge in [0.1, 0.15) is 0 Å². The minimum atomic E-state index is 1.05. The highest BCUT2D eigenvalue weighted by atomic mass is 15.1. The Morgan fingerprint density at radius 2 is 1.79 bits per heavy atom. The molecule has 1 aliphatic rings. The minimum absolute atomic E-state index is 1.05.